The third kappa shape index (κ3) is 4.56. The van der Waals surface area contributed by atoms with Crippen molar-refractivity contribution in [3.05, 3.63) is 62.8 Å². The van der Waals surface area contributed by atoms with Gasteiger partial charge in [-0.05, 0) is 53.0 Å². The molecule has 1 aromatic heterocycles. The Balaban J connectivity index is 1.50. The number of likely N-dealkylation sites (tertiary alicyclic amines) is 1. The smallest absolute Gasteiger partial charge is 0.244 e. The molecule has 1 aliphatic heterocycles. The topological polar surface area (TPSA) is 32.3 Å². The van der Waals surface area contributed by atoms with Gasteiger partial charge in [0.1, 0.15) is 0 Å². The molecule has 5 heteroatoms. The van der Waals surface area contributed by atoms with Crippen molar-refractivity contribution in [3.8, 4) is 0 Å². The summed E-state index contributed by atoms with van der Waals surface area (Å²) in [4.78, 5) is 15.6. The fourth-order valence-electron chi connectivity index (χ4n) is 3.02. The summed E-state index contributed by atoms with van der Waals surface area (Å²) >= 11 is 5.04. The summed E-state index contributed by atoms with van der Waals surface area (Å²) in [5.74, 6) is -0.0151. The third-order valence-electron chi connectivity index (χ3n) is 4.39. The predicted octanol–water partition coefficient (Wildman–Crippen LogP) is 4.48. The maximum Gasteiger partial charge on any atom is 0.244 e. The Morgan fingerprint density at radius 1 is 1.33 bits per heavy atom. The Bertz CT molecular complexity index is 713. The molecule has 2 heterocycles. The van der Waals surface area contributed by atoms with Crippen molar-refractivity contribution in [2.75, 3.05) is 13.1 Å². The molecule has 126 valence electrons. The van der Waals surface area contributed by atoms with Crippen LogP contribution < -0.4 is 5.32 Å². The van der Waals surface area contributed by atoms with Crippen LogP contribution in [0.15, 0.2) is 52.3 Å². The van der Waals surface area contributed by atoms with Crippen molar-refractivity contribution in [1.29, 1.82) is 0 Å². The van der Waals surface area contributed by atoms with Gasteiger partial charge in [-0.2, -0.15) is 0 Å². The number of nitrogens with one attached hydrogen (secondary N) is 1. The summed E-state index contributed by atoms with van der Waals surface area (Å²) in [6.07, 6.45) is 4.49. The van der Waals surface area contributed by atoms with Crippen molar-refractivity contribution >= 4 is 39.2 Å². The van der Waals surface area contributed by atoms with E-state index < -0.39 is 0 Å². The zero-order chi connectivity index (χ0) is 16.9. The SMILES string of the molecule is CC(c1ccccc1)N1CCC(NC(=O)/C=C/c2ccc(Br)s2)C1. The molecule has 24 heavy (non-hydrogen) atoms. The van der Waals surface area contributed by atoms with Gasteiger partial charge in [-0.25, -0.2) is 0 Å². The van der Waals surface area contributed by atoms with Crippen LogP contribution in [0, 0.1) is 0 Å². The zero-order valence-corrected chi connectivity index (χ0v) is 16.0. The number of benzene rings is 1. The summed E-state index contributed by atoms with van der Waals surface area (Å²) < 4.78 is 1.07. The Hall–Kier alpha value is -1.43. The largest absolute Gasteiger partial charge is 0.348 e. The average molecular weight is 405 g/mol. The number of carbonyl (C=O) groups excluding carboxylic acids is 1. The second-order valence-corrected chi connectivity index (χ2v) is 8.55. The number of nitrogens with zero attached hydrogens (tertiary/aromatic N) is 1. The molecule has 0 aliphatic carbocycles. The number of amides is 1. The molecule has 0 radical (unpaired) electrons. The van der Waals surface area contributed by atoms with Gasteiger partial charge in [-0.1, -0.05) is 30.3 Å². The summed E-state index contributed by atoms with van der Waals surface area (Å²) in [6, 6.07) is 15.1. The summed E-state index contributed by atoms with van der Waals surface area (Å²) in [5, 5.41) is 3.12. The van der Waals surface area contributed by atoms with Crippen molar-refractivity contribution in [2.45, 2.75) is 25.4 Å². The molecular weight excluding hydrogens is 384 g/mol. The Kier molecular flexibility index (Phi) is 5.87. The number of hydrogen-bond donors (Lipinski definition) is 1. The number of rotatable bonds is 5. The van der Waals surface area contributed by atoms with Crippen LogP contribution in [0.5, 0.6) is 0 Å². The maximum absolute atomic E-state index is 12.1. The molecule has 1 saturated heterocycles. The van der Waals surface area contributed by atoms with E-state index in [0.29, 0.717) is 6.04 Å². The van der Waals surface area contributed by atoms with E-state index in [2.05, 4.69) is 57.3 Å². The molecule has 3 rings (SSSR count). The van der Waals surface area contributed by atoms with Gasteiger partial charge in [-0.3, -0.25) is 9.69 Å². The minimum Gasteiger partial charge on any atom is -0.348 e. The highest BCUT2D eigenvalue weighted by molar-refractivity contribution is 9.11. The fourth-order valence-corrected chi connectivity index (χ4v) is 4.35. The van der Waals surface area contributed by atoms with E-state index in [0.717, 1.165) is 28.2 Å². The van der Waals surface area contributed by atoms with Gasteiger partial charge in [0, 0.05) is 36.1 Å². The van der Waals surface area contributed by atoms with Crippen molar-refractivity contribution in [3.63, 3.8) is 0 Å². The van der Waals surface area contributed by atoms with Crippen molar-refractivity contribution < 1.29 is 4.79 Å². The van der Waals surface area contributed by atoms with Gasteiger partial charge >= 0.3 is 0 Å². The summed E-state index contributed by atoms with van der Waals surface area (Å²) in [6.45, 7) is 4.15. The van der Waals surface area contributed by atoms with E-state index in [1.54, 1.807) is 17.4 Å². The second-order valence-electron chi connectivity index (χ2n) is 6.05. The van der Waals surface area contributed by atoms with Crippen LogP contribution in [0.4, 0.5) is 0 Å². The average Bonchev–Trinajstić information content (AvgIpc) is 3.22. The van der Waals surface area contributed by atoms with E-state index in [1.165, 1.54) is 5.56 Å². The normalized spacial score (nSPS) is 19.7. The molecule has 0 bridgehead atoms. The third-order valence-corrected chi connectivity index (χ3v) is 5.98. The highest BCUT2D eigenvalue weighted by atomic mass is 79.9. The molecule has 1 aromatic carbocycles. The Labute approximate surface area is 155 Å². The van der Waals surface area contributed by atoms with E-state index >= 15 is 0 Å². The first-order valence-corrected chi connectivity index (χ1v) is 9.75. The van der Waals surface area contributed by atoms with Gasteiger partial charge in [-0.15, -0.1) is 11.3 Å². The highest BCUT2D eigenvalue weighted by Crippen LogP contribution is 2.25. The van der Waals surface area contributed by atoms with Crippen LogP contribution in [0.25, 0.3) is 6.08 Å². The monoisotopic (exact) mass is 404 g/mol. The first-order chi connectivity index (χ1) is 11.6. The van der Waals surface area contributed by atoms with Crippen LogP contribution in [0.3, 0.4) is 0 Å². The lowest BCUT2D eigenvalue weighted by atomic mass is 10.1. The minimum absolute atomic E-state index is 0.0151. The van der Waals surface area contributed by atoms with Crippen LogP contribution in [0.2, 0.25) is 0 Å². The molecule has 1 aliphatic rings. The van der Waals surface area contributed by atoms with Crippen LogP contribution >= 0.6 is 27.3 Å². The summed E-state index contributed by atoms with van der Waals surface area (Å²) in [5.41, 5.74) is 1.33. The second kappa shape index (κ2) is 8.10. The molecule has 2 aromatic rings. The first kappa shape index (κ1) is 17.4. The van der Waals surface area contributed by atoms with Crippen molar-refractivity contribution in [2.24, 2.45) is 0 Å². The lowest BCUT2D eigenvalue weighted by Gasteiger charge is -2.24. The van der Waals surface area contributed by atoms with Gasteiger partial charge < -0.3 is 5.32 Å². The number of carbonyl (C=O) groups is 1. The van der Waals surface area contributed by atoms with Gasteiger partial charge in [0.25, 0.3) is 0 Å². The van der Waals surface area contributed by atoms with Gasteiger partial charge in [0.15, 0.2) is 0 Å². The lowest BCUT2D eigenvalue weighted by molar-refractivity contribution is -0.117. The number of halogens is 1. The summed E-state index contributed by atoms with van der Waals surface area (Å²) in [7, 11) is 0. The first-order valence-electron chi connectivity index (χ1n) is 8.15. The van der Waals surface area contributed by atoms with Crippen LogP contribution in [-0.2, 0) is 4.79 Å². The Morgan fingerprint density at radius 3 is 2.83 bits per heavy atom. The van der Waals surface area contributed by atoms with Crippen LogP contribution in [-0.4, -0.2) is 29.9 Å². The molecule has 3 nitrogen and oxygen atoms in total. The van der Waals surface area contributed by atoms with E-state index in [-0.39, 0.29) is 11.9 Å². The van der Waals surface area contributed by atoms with E-state index in [9.17, 15) is 4.79 Å². The van der Waals surface area contributed by atoms with Crippen LogP contribution in [0.1, 0.15) is 29.8 Å². The standard InChI is InChI=1S/C19H21BrN2OS/c1-14(15-5-3-2-4-6-15)22-12-11-16(13-22)21-19(23)10-8-17-7-9-18(20)24-17/h2-10,14,16H,11-13H2,1H3,(H,21,23)/b10-8+. The van der Waals surface area contributed by atoms with Gasteiger partial charge in [0.05, 0.1) is 3.79 Å². The zero-order valence-electron chi connectivity index (χ0n) is 13.6. The minimum atomic E-state index is -0.0151. The molecule has 1 amide bonds. The van der Waals surface area contributed by atoms with Crippen molar-refractivity contribution in [1.82, 2.24) is 10.2 Å². The highest BCUT2D eigenvalue weighted by Gasteiger charge is 2.27. The van der Waals surface area contributed by atoms with Gasteiger partial charge in [0.2, 0.25) is 5.91 Å². The molecular formula is C19H21BrN2OS. The van der Waals surface area contributed by atoms with E-state index in [1.807, 2.05) is 24.3 Å². The Morgan fingerprint density at radius 2 is 2.12 bits per heavy atom. The quantitative estimate of drug-likeness (QED) is 0.745. The number of hydrogen-bond acceptors (Lipinski definition) is 3. The molecule has 2 unspecified atom stereocenters. The molecule has 2 atom stereocenters. The van der Waals surface area contributed by atoms with E-state index in [4.69, 9.17) is 0 Å². The maximum atomic E-state index is 12.1. The molecule has 0 spiro atoms. The molecule has 0 saturated carbocycles. The molecule has 1 N–H and O–H groups in total. The predicted molar refractivity (Wildman–Crippen MR) is 104 cm³/mol. The fraction of sp³-hybridized carbons (Fsp3) is 0.316. The lowest BCUT2D eigenvalue weighted by Crippen LogP contribution is -2.36. The number of thiophene rings is 1. The molecule has 1 fully saturated rings.